The third-order valence-corrected chi connectivity index (χ3v) is 4.48. The molecule has 0 N–H and O–H groups in total. The van der Waals surface area contributed by atoms with E-state index in [9.17, 15) is 4.79 Å². The van der Waals surface area contributed by atoms with Crippen LogP contribution in [0.3, 0.4) is 0 Å². The average molecular weight is 258 g/mol. The minimum absolute atomic E-state index is 0.0559. The normalized spacial score (nSPS) is 18.5. The maximum atomic E-state index is 11.8. The molecular weight excluding hydrogens is 232 g/mol. The average Bonchev–Trinajstić information content (AvgIpc) is 2.40. The molecule has 0 spiro atoms. The van der Waals surface area contributed by atoms with Gasteiger partial charge in [-0.2, -0.15) is 0 Å². The summed E-state index contributed by atoms with van der Waals surface area (Å²) in [5.41, 5.74) is 2.65. The predicted molar refractivity (Wildman–Crippen MR) is 80.5 cm³/mol. The number of carbonyl (C=O) groups excluding carboxylic acids is 1. The number of benzene rings is 1. The van der Waals surface area contributed by atoms with Crippen LogP contribution >= 0.6 is 0 Å². The minimum atomic E-state index is 0.0559. The van der Waals surface area contributed by atoms with Gasteiger partial charge in [0.25, 0.3) is 0 Å². The van der Waals surface area contributed by atoms with Gasteiger partial charge in [-0.15, -0.1) is 0 Å². The molecule has 1 atom stereocenters. The Morgan fingerprint density at radius 3 is 2.11 bits per heavy atom. The Labute approximate surface area is 117 Å². The molecule has 104 valence electrons. The molecule has 1 nitrogen and oxygen atoms in total. The van der Waals surface area contributed by atoms with Gasteiger partial charge in [-0.1, -0.05) is 57.4 Å². The molecule has 1 aromatic carbocycles. The van der Waals surface area contributed by atoms with Crippen molar-refractivity contribution in [2.75, 3.05) is 0 Å². The molecule has 1 saturated carbocycles. The summed E-state index contributed by atoms with van der Waals surface area (Å²) >= 11 is 0. The molecule has 1 aromatic rings. The molecule has 0 radical (unpaired) electrons. The van der Waals surface area contributed by atoms with Crippen LogP contribution in [0.25, 0.3) is 0 Å². The van der Waals surface area contributed by atoms with Crippen molar-refractivity contribution in [3.05, 3.63) is 35.4 Å². The van der Waals surface area contributed by atoms with E-state index < -0.39 is 0 Å². The van der Waals surface area contributed by atoms with E-state index in [1.807, 2.05) is 0 Å². The SMILES string of the molecule is CC(=O)C(c1ccc(C2CCCCC2)cc1)C(C)C. The third-order valence-electron chi connectivity index (χ3n) is 4.48. The molecule has 1 fully saturated rings. The summed E-state index contributed by atoms with van der Waals surface area (Å²) in [5.74, 6) is 1.46. The van der Waals surface area contributed by atoms with Crippen molar-refractivity contribution in [3.63, 3.8) is 0 Å². The van der Waals surface area contributed by atoms with Crippen LogP contribution in [0.1, 0.15) is 75.8 Å². The van der Waals surface area contributed by atoms with Crippen molar-refractivity contribution in [2.24, 2.45) is 5.92 Å². The molecule has 1 unspecified atom stereocenters. The molecule has 0 saturated heterocycles. The second-order valence-corrected chi connectivity index (χ2v) is 6.33. The Hall–Kier alpha value is -1.11. The monoisotopic (exact) mass is 258 g/mol. The second-order valence-electron chi connectivity index (χ2n) is 6.33. The summed E-state index contributed by atoms with van der Waals surface area (Å²) in [6.45, 7) is 5.96. The molecule has 0 aromatic heterocycles. The van der Waals surface area contributed by atoms with Crippen molar-refractivity contribution in [3.8, 4) is 0 Å². The molecule has 0 amide bonds. The van der Waals surface area contributed by atoms with Crippen LogP contribution in [-0.4, -0.2) is 5.78 Å². The number of Topliss-reactive ketones (excluding diaryl/α,β-unsaturated/α-hetero) is 1. The first-order valence-electron chi connectivity index (χ1n) is 7.70. The van der Waals surface area contributed by atoms with Gasteiger partial charge in [-0.25, -0.2) is 0 Å². The molecule has 2 rings (SSSR count). The van der Waals surface area contributed by atoms with E-state index in [0.717, 1.165) is 5.92 Å². The largest absolute Gasteiger partial charge is 0.299 e. The first-order valence-corrected chi connectivity index (χ1v) is 7.70. The zero-order chi connectivity index (χ0) is 13.8. The number of ketones is 1. The summed E-state index contributed by atoms with van der Waals surface area (Å²) < 4.78 is 0. The van der Waals surface area contributed by atoms with Gasteiger partial charge in [0.1, 0.15) is 5.78 Å². The van der Waals surface area contributed by atoms with Crippen LogP contribution in [-0.2, 0) is 4.79 Å². The van der Waals surface area contributed by atoms with Crippen molar-refractivity contribution < 1.29 is 4.79 Å². The van der Waals surface area contributed by atoms with Gasteiger partial charge < -0.3 is 0 Å². The van der Waals surface area contributed by atoms with E-state index in [1.54, 1.807) is 6.92 Å². The van der Waals surface area contributed by atoms with Crippen LogP contribution in [0.5, 0.6) is 0 Å². The number of hydrogen-bond donors (Lipinski definition) is 0. The van der Waals surface area contributed by atoms with Gasteiger partial charge in [-0.05, 0) is 42.7 Å². The maximum absolute atomic E-state index is 11.8. The van der Waals surface area contributed by atoms with E-state index in [4.69, 9.17) is 0 Å². The van der Waals surface area contributed by atoms with Crippen molar-refractivity contribution in [1.82, 2.24) is 0 Å². The highest BCUT2D eigenvalue weighted by molar-refractivity contribution is 5.83. The van der Waals surface area contributed by atoms with Gasteiger partial charge in [0.2, 0.25) is 0 Å². The van der Waals surface area contributed by atoms with Crippen molar-refractivity contribution in [1.29, 1.82) is 0 Å². The fourth-order valence-electron chi connectivity index (χ4n) is 3.50. The van der Waals surface area contributed by atoms with E-state index in [-0.39, 0.29) is 11.7 Å². The highest BCUT2D eigenvalue weighted by atomic mass is 16.1. The Kier molecular flexibility index (Phi) is 4.79. The van der Waals surface area contributed by atoms with Gasteiger partial charge in [0, 0.05) is 5.92 Å². The summed E-state index contributed by atoms with van der Waals surface area (Å²) in [4.78, 5) is 11.8. The lowest BCUT2D eigenvalue weighted by atomic mass is 9.81. The second kappa shape index (κ2) is 6.36. The van der Waals surface area contributed by atoms with Gasteiger partial charge in [0.15, 0.2) is 0 Å². The first kappa shape index (κ1) is 14.3. The lowest BCUT2D eigenvalue weighted by molar-refractivity contribution is -0.119. The summed E-state index contributed by atoms with van der Waals surface area (Å²) in [6.07, 6.45) is 6.80. The smallest absolute Gasteiger partial charge is 0.137 e. The predicted octanol–water partition coefficient (Wildman–Crippen LogP) is 5.06. The Morgan fingerprint density at radius 2 is 1.63 bits per heavy atom. The molecular formula is C18H26O. The van der Waals surface area contributed by atoms with E-state index in [0.29, 0.717) is 5.92 Å². The zero-order valence-corrected chi connectivity index (χ0v) is 12.5. The summed E-state index contributed by atoms with van der Waals surface area (Å²) in [6, 6.07) is 8.86. The van der Waals surface area contributed by atoms with E-state index in [1.165, 1.54) is 43.2 Å². The Morgan fingerprint density at radius 1 is 1.05 bits per heavy atom. The quantitative estimate of drug-likeness (QED) is 0.737. The maximum Gasteiger partial charge on any atom is 0.137 e. The number of hydrogen-bond acceptors (Lipinski definition) is 1. The van der Waals surface area contributed by atoms with E-state index in [2.05, 4.69) is 38.1 Å². The van der Waals surface area contributed by atoms with E-state index >= 15 is 0 Å². The topological polar surface area (TPSA) is 17.1 Å². The highest BCUT2D eigenvalue weighted by Crippen LogP contribution is 2.34. The van der Waals surface area contributed by atoms with Crippen LogP contribution < -0.4 is 0 Å². The van der Waals surface area contributed by atoms with Crippen LogP contribution in [0, 0.1) is 5.92 Å². The number of rotatable bonds is 4. The van der Waals surface area contributed by atoms with Crippen LogP contribution in [0.4, 0.5) is 0 Å². The molecule has 0 bridgehead atoms. The van der Waals surface area contributed by atoms with Crippen LogP contribution in [0.15, 0.2) is 24.3 Å². The first-order chi connectivity index (χ1) is 9.09. The molecule has 19 heavy (non-hydrogen) atoms. The molecule has 0 aliphatic heterocycles. The minimum Gasteiger partial charge on any atom is -0.299 e. The fourth-order valence-corrected chi connectivity index (χ4v) is 3.50. The van der Waals surface area contributed by atoms with Crippen molar-refractivity contribution >= 4 is 5.78 Å². The van der Waals surface area contributed by atoms with Gasteiger partial charge in [0.05, 0.1) is 0 Å². The molecule has 1 aliphatic carbocycles. The van der Waals surface area contributed by atoms with Gasteiger partial charge in [-0.3, -0.25) is 4.79 Å². The van der Waals surface area contributed by atoms with Crippen molar-refractivity contribution in [2.45, 2.75) is 64.7 Å². The molecule has 0 heterocycles. The summed E-state index contributed by atoms with van der Waals surface area (Å²) in [5, 5.41) is 0. The van der Waals surface area contributed by atoms with Crippen LogP contribution in [0.2, 0.25) is 0 Å². The Bertz CT molecular complexity index is 410. The standard InChI is InChI=1S/C18H26O/c1-13(2)18(14(3)19)17-11-9-16(10-12-17)15-7-5-4-6-8-15/h9-13,15,18H,4-8H2,1-3H3. The highest BCUT2D eigenvalue weighted by Gasteiger charge is 2.21. The molecule has 1 heteroatoms. The zero-order valence-electron chi connectivity index (χ0n) is 12.5. The number of carbonyl (C=O) groups is 1. The lowest BCUT2D eigenvalue weighted by Gasteiger charge is -2.23. The lowest BCUT2D eigenvalue weighted by Crippen LogP contribution is -2.15. The fraction of sp³-hybridized carbons (Fsp3) is 0.611. The summed E-state index contributed by atoms with van der Waals surface area (Å²) in [7, 11) is 0. The third kappa shape index (κ3) is 3.46. The van der Waals surface area contributed by atoms with Gasteiger partial charge >= 0.3 is 0 Å². The molecule has 1 aliphatic rings. The Balaban J connectivity index is 2.14.